The van der Waals surface area contributed by atoms with E-state index in [0.717, 1.165) is 22.7 Å². The van der Waals surface area contributed by atoms with Crippen molar-refractivity contribution in [1.29, 1.82) is 0 Å². The average molecular weight is 399 g/mol. The van der Waals surface area contributed by atoms with Crippen LogP contribution in [0.5, 0.6) is 5.75 Å². The van der Waals surface area contributed by atoms with E-state index in [4.69, 9.17) is 4.74 Å². The van der Waals surface area contributed by atoms with Crippen molar-refractivity contribution in [1.82, 2.24) is 10.3 Å². The van der Waals surface area contributed by atoms with Gasteiger partial charge in [0.2, 0.25) is 5.91 Å². The van der Waals surface area contributed by atoms with Crippen LogP contribution < -0.4 is 10.1 Å². The zero-order valence-corrected chi connectivity index (χ0v) is 16.6. The van der Waals surface area contributed by atoms with E-state index < -0.39 is 0 Å². The summed E-state index contributed by atoms with van der Waals surface area (Å²) in [5, 5.41) is 6.02. The number of nitrogens with one attached hydrogen (secondary N) is 1. The van der Waals surface area contributed by atoms with E-state index in [2.05, 4.69) is 39.9 Å². The first-order chi connectivity index (χ1) is 13.6. The maximum Gasteiger partial charge on any atom is 0.220 e. The fraction of sp³-hybridized carbons (Fsp3) is 0.273. The van der Waals surface area contributed by atoms with E-state index >= 15 is 0 Å². The number of carbonyl (C=O) groups excluding carboxylic acids is 1. The fourth-order valence-corrected chi connectivity index (χ4v) is 3.37. The molecule has 0 fully saturated rings. The summed E-state index contributed by atoms with van der Waals surface area (Å²) in [6.07, 6.45) is 1.67. The Hall–Kier alpha value is -2.73. The summed E-state index contributed by atoms with van der Waals surface area (Å²) in [4.78, 5) is 16.4. The molecule has 0 radical (unpaired) electrons. The molecule has 1 N–H and O–H groups in total. The number of aryl methyl sites for hydroxylation is 1. The summed E-state index contributed by atoms with van der Waals surface area (Å²) in [6.45, 7) is 2.89. The number of aromatic nitrogens is 1. The van der Waals surface area contributed by atoms with E-state index in [-0.39, 0.29) is 17.5 Å². The molecule has 28 heavy (non-hydrogen) atoms. The Balaban J connectivity index is 1.33. The van der Waals surface area contributed by atoms with Gasteiger partial charge in [-0.1, -0.05) is 36.4 Å². The molecule has 0 aliphatic carbocycles. The van der Waals surface area contributed by atoms with Gasteiger partial charge in [0.1, 0.15) is 0 Å². The third kappa shape index (κ3) is 5.89. The van der Waals surface area contributed by atoms with Crippen molar-refractivity contribution < 1.29 is 13.9 Å². The van der Waals surface area contributed by atoms with Gasteiger partial charge in [-0.25, -0.2) is 9.37 Å². The topological polar surface area (TPSA) is 51.2 Å². The first-order valence-corrected chi connectivity index (χ1v) is 10.2. The van der Waals surface area contributed by atoms with Gasteiger partial charge < -0.3 is 10.1 Å². The van der Waals surface area contributed by atoms with Crippen molar-refractivity contribution in [3.05, 3.63) is 70.3 Å². The molecule has 1 aromatic heterocycles. The second-order valence-electron chi connectivity index (χ2n) is 6.43. The molecule has 0 aliphatic rings. The lowest BCUT2D eigenvalue weighted by Crippen LogP contribution is -2.25. The predicted octanol–water partition coefficient (Wildman–Crippen LogP) is 4.78. The lowest BCUT2D eigenvalue weighted by Gasteiger charge is -2.08. The number of carbonyl (C=O) groups is 1. The zero-order valence-electron chi connectivity index (χ0n) is 15.8. The Morgan fingerprint density at radius 3 is 2.68 bits per heavy atom. The Morgan fingerprint density at radius 1 is 1.18 bits per heavy atom. The maximum absolute atomic E-state index is 13.4. The molecule has 6 heteroatoms. The fourth-order valence-electron chi connectivity index (χ4n) is 2.75. The number of para-hydroxylation sites is 1. The minimum Gasteiger partial charge on any atom is -0.491 e. The highest BCUT2D eigenvalue weighted by atomic mass is 32.1. The molecule has 1 amide bonds. The largest absolute Gasteiger partial charge is 0.491 e. The highest BCUT2D eigenvalue weighted by Crippen LogP contribution is 2.21. The number of ether oxygens (including phenoxy) is 1. The third-order valence-corrected chi connectivity index (χ3v) is 5.02. The van der Waals surface area contributed by atoms with Crippen LogP contribution in [0.1, 0.15) is 23.4 Å². The van der Waals surface area contributed by atoms with Crippen LogP contribution in [0.2, 0.25) is 0 Å². The Bertz CT molecular complexity index is 909. The summed E-state index contributed by atoms with van der Waals surface area (Å²) < 4.78 is 18.8. The van der Waals surface area contributed by atoms with Crippen molar-refractivity contribution in [3.63, 3.8) is 0 Å². The van der Waals surface area contributed by atoms with Crippen LogP contribution in [0.3, 0.4) is 0 Å². The van der Waals surface area contributed by atoms with Crippen molar-refractivity contribution in [3.8, 4) is 17.0 Å². The van der Waals surface area contributed by atoms with E-state index in [9.17, 15) is 9.18 Å². The Morgan fingerprint density at radius 2 is 1.96 bits per heavy atom. The quantitative estimate of drug-likeness (QED) is 0.528. The number of thiazole rings is 1. The van der Waals surface area contributed by atoms with Crippen LogP contribution in [-0.4, -0.2) is 24.0 Å². The SMILES string of the molecule is Cc1nc(-c2ccc(CCNC(=O)CCCOc3ccccc3F)cc2)cs1. The normalized spacial score (nSPS) is 10.6. The van der Waals surface area contributed by atoms with E-state index in [0.29, 0.717) is 26.0 Å². The lowest BCUT2D eigenvalue weighted by molar-refractivity contribution is -0.121. The van der Waals surface area contributed by atoms with Gasteiger partial charge in [-0.2, -0.15) is 0 Å². The molecule has 0 aliphatic heterocycles. The van der Waals surface area contributed by atoms with Crippen LogP contribution in [0.25, 0.3) is 11.3 Å². The second-order valence-corrected chi connectivity index (χ2v) is 7.49. The molecular formula is C22H23FN2O2S. The number of hydrogen-bond donors (Lipinski definition) is 1. The number of halogens is 1. The Kier molecular flexibility index (Phi) is 7.14. The summed E-state index contributed by atoms with van der Waals surface area (Å²) in [5.41, 5.74) is 3.27. The van der Waals surface area contributed by atoms with E-state index in [1.165, 1.54) is 11.6 Å². The summed E-state index contributed by atoms with van der Waals surface area (Å²) in [7, 11) is 0. The highest BCUT2D eigenvalue weighted by molar-refractivity contribution is 7.09. The standard InChI is InChI=1S/C22H23FN2O2S/c1-16-25-20(15-28-16)18-10-8-17(9-11-18)12-13-24-22(26)7-4-14-27-21-6-3-2-5-19(21)23/h2-3,5-6,8-11,15H,4,7,12-14H2,1H3,(H,24,26). The highest BCUT2D eigenvalue weighted by Gasteiger charge is 2.05. The van der Waals surface area contributed by atoms with Gasteiger partial charge in [-0.3, -0.25) is 4.79 Å². The maximum atomic E-state index is 13.4. The zero-order chi connectivity index (χ0) is 19.8. The Labute approximate surface area is 168 Å². The van der Waals surface area contributed by atoms with Crippen LogP contribution in [-0.2, 0) is 11.2 Å². The van der Waals surface area contributed by atoms with Crippen molar-refractivity contribution in [2.75, 3.05) is 13.2 Å². The smallest absolute Gasteiger partial charge is 0.220 e. The molecule has 0 unspecified atom stereocenters. The number of benzene rings is 2. The second kappa shape index (κ2) is 9.99. The number of rotatable bonds is 9. The van der Waals surface area contributed by atoms with E-state index in [1.54, 1.807) is 29.5 Å². The summed E-state index contributed by atoms with van der Waals surface area (Å²) in [5.74, 6) is -0.186. The molecule has 0 spiro atoms. The van der Waals surface area contributed by atoms with Gasteiger partial charge in [-0.05, 0) is 37.5 Å². The van der Waals surface area contributed by atoms with Gasteiger partial charge in [0.05, 0.1) is 17.3 Å². The molecule has 0 saturated heterocycles. The number of amides is 1. The molecule has 3 aromatic rings. The van der Waals surface area contributed by atoms with Gasteiger partial charge in [0.25, 0.3) is 0 Å². The first kappa shape index (κ1) is 20.0. The minimum absolute atomic E-state index is 0.0216. The van der Waals surface area contributed by atoms with Crippen LogP contribution in [0, 0.1) is 12.7 Å². The predicted molar refractivity (Wildman–Crippen MR) is 110 cm³/mol. The van der Waals surface area contributed by atoms with Crippen molar-refractivity contribution in [2.45, 2.75) is 26.2 Å². The molecule has 0 bridgehead atoms. The summed E-state index contributed by atoms with van der Waals surface area (Å²) in [6, 6.07) is 14.5. The number of hydrogen-bond acceptors (Lipinski definition) is 4. The molecule has 0 atom stereocenters. The monoisotopic (exact) mass is 398 g/mol. The first-order valence-electron chi connectivity index (χ1n) is 9.27. The van der Waals surface area contributed by atoms with Gasteiger partial charge in [0, 0.05) is 23.9 Å². The molecule has 0 saturated carbocycles. The van der Waals surface area contributed by atoms with Gasteiger partial charge >= 0.3 is 0 Å². The molecule has 4 nitrogen and oxygen atoms in total. The van der Waals surface area contributed by atoms with Crippen LogP contribution in [0.4, 0.5) is 4.39 Å². The molecule has 2 aromatic carbocycles. The molecular weight excluding hydrogens is 375 g/mol. The van der Waals surface area contributed by atoms with E-state index in [1.807, 2.05) is 6.92 Å². The average Bonchev–Trinajstić information content (AvgIpc) is 3.13. The van der Waals surface area contributed by atoms with Crippen molar-refractivity contribution in [2.24, 2.45) is 0 Å². The lowest BCUT2D eigenvalue weighted by atomic mass is 10.1. The third-order valence-electron chi connectivity index (χ3n) is 4.25. The van der Waals surface area contributed by atoms with Crippen LogP contribution in [0.15, 0.2) is 53.9 Å². The summed E-state index contributed by atoms with van der Waals surface area (Å²) >= 11 is 1.64. The number of nitrogens with zero attached hydrogens (tertiary/aromatic N) is 1. The van der Waals surface area contributed by atoms with Crippen molar-refractivity contribution >= 4 is 17.2 Å². The van der Waals surface area contributed by atoms with Crippen LogP contribution >= 0.6 is 11.3 Å². The minimum atomic E-state index is -0.386. The molecule has 3 rings (SSSR count). The van der Waals surface area contributed by atoms with Gasteiger partial charge in [-0.15, -0.1) is 11.3 Å². The molecule has 146 valence electrons. The van der Waals surface area contributed by atoms with Gasteiger partial charge in [0.15, 0.2) is 11.6 Å². The molecule has 1 heterocycles.